The van der Waals surface area contributed by atoms with Crippen LogP contribution in [0.2, 0.25) is 0 Å². The largest absolute Gasteiger partial charge is 0.351 e. The van der Waals surface area contributed by atoms with E-state index >= 15 is 0 Å². The maximum atomic E-state index is 12.0. The number of amides is 3. The molecule has 5 rings (SSSR count). The zero-order valence-corrected chi connectivity index (χ0v) is 17.5. The Balaban J connectivity index is 1.54. The zero-order chi connectivity index (χ0) is 22.1. The molecule has 2 aliphatic rings. The first kappa shape index (κ1) is 19.9. The molecular formula is C21H23N9O2. The first-order chi connectivity index (χ1) is 15.6. The molecule has 1 atom stereocenters. The molecule has 3 aromatic rings. The van der Waals surface area contributed by atoms with Gasteiger partial charge in [0.15, 0.2) is 5.65 Å². The number of hydrogen-bond acceptors (Lipinski definition) is 8. The van der Waals surface area contributed by atoms with Gasteiger partial charge < -0.3 is 16.0 Å². The van der Waals surface area contributed by atoms with Crippen LogP contribution < -0.4 is 21.3 Å². The van der Waals surface area contributed by atoms with Gasteiger partial charge in [0.1, 0.15) is 5.70 Å². The first-order valence-electron chi connectivity index (χ1n) is 10.6. The van der Waals surface area contributed by atoms with Crippen molar-refractivity contribution in [1.29, 1.82) is 0 Å². The molecule has 0 bridgehead atoms. The molecule has 11 heteroatoms. The molecule has 3 aromatic heterocycles. The third kappa shape index (κ3) is 4.09. The van der Waals surface area contributed by atoms with Crippen molar-refractivity contribution in [3.8, 4) is 0 Å². The topological polar surface area (TPSA) is 138 Å². The van der Waals surface area contributed by atoms with Crippen molar-refractivity contribution in [2.24, 2.45) is 0 Å². The van der Waals surface area contributed by atoms with Crippen molar-refractivity contribution < 1.29 is 9.59 Å². The molecule has 4 N–H and O–H groups in total. The normalized spacial score (nSPS) is 18.0. The Morgan fingerprint density at radius 1 is 1.22 bits per heavy atom. The number of nitrogens with zero attached hydrogens (tertiary/aromatic N) is 5. The van der Waals surface area contributed by atoms with E-state index in [0.717, 1.165) is 31.2 Å². The molecule has 0 radical (unpaired) electrons. The number of carbonyl (C=O) groups excluding carboxylic acids is 2. The van der Waals surface area contributed by atoms with Crippen LogP contribution in [0, 0.1) is 0 Å². The Bertz CT molecular complexity index is 1200. The van der Waals surface area contributed by atoms with E-state index in [-0.39, 0.29) is 11.7 Å². The Labute approximate surface area is 183 Å². The van der Waals surface area contributed by atoms with Crippen LogP contribution >= 0.6 is 0 Å². The summed E-state index contributed by atoms with van der Waals surface area (Å²) < 4.78 is 1.62. The summed E-state index contributed by atoms with van der Waals surface area (Å²) in [5.41, 5.74) is 2.37. The summed E-state index contributed by atoms with van der Waals surface area (Å²) in [6, 6.07) is 3.78. The third-order valence-corrected chi connectivity index (χ3v) is 5.31. The second-order valence-electron chi connectivity index (χ2n) is 7.86. The molecule has 1 saturated carbocycles. The highest BCUT2D eigenvalue weighted by Gasteiger charge is 2.26. The molecule has 4 heterocycles. The number of nitrogens with one attached hydrogen (secondary N) is 4. The van der Waals surface area contributed by atoms with E-state index in [0.29, 0.717) is 29.1 Å². The van der Waals surface area contributed by atoms with Crippen LogP contribution in [0.5, 0.6) is 0 Å². The maximum Gasteiger partial charge on any atom is 0.326 e. The highest BCUT2D eigenvalue weighted by Crippen LogP contribution is 2.27. The van der Waals surface area contributed by atoms with Gasteiger partial charge >= 0.3 is 6.03 Å². The fraction of sp³-hybridized carbons (Fsp3) is 0.333. The number of imide groups is 1. The minimum atomic E-state index is -0.550. The van der Waals surface area contributed by atoms with Gasteiger partial charge in [-0.2, -0.15) is 19.6 Å². The van der Waals surface area contributed by atoms with E-state index in [1.165, 1.54) is 0 Å². The van der Waals surface area contributed by atoms with Gasteiger partial charge in [0.25, 0.3) is 5.91 Å². The lowest BCUT2D eigenvalue weighted by molar-refractivity contribution is -0.115. The smallest absolute Gasteiger partial charge is 0.326 e. The molecule has 1 saturated heterocycles. The molecule has 0 spiro atoms. The summed E-state index contributed by atoms with van der Waals surface area (Å²) in [6.07, 6.45) is 10.7. The Morgan fingerprint density at radius 2 is 2.03 bits per heavy atom. The van der Waals surface area contributed by atoms with Gasteiger partial charge in [-0.15, -0.1) is 0 Å². The number of urea groups is 1. The van der Waals surface area contributed by atoms with Gasteiger partial charge in [0.2, 0.25) is 11.9 Å². The fourth-order valence-electron chi connectivity index (χ4n) is 3.56. The summed E-state index contributed by atoms with van der Waals surface area (Å²) in [5, 5.41) is 15.9. The van der Waals surface area contributed by atoms with Crippen LogP contribution in [-0.4, -0.2) is 42.5 Å². The second-order valence-corrected chi connectivity index (χ2v) is 7.86. The van der Waals surface area contributed by atoms with E-state index < -0.39 is 11.9 Å². The average Bonchev–Trinajstić information content (AvgIpc) is 3.42. The van der Waals surface area contributed by atoms with Crippen LogP contribution in [0.3, 0.4) is 0 Å². The van der Waals surface area contributed by atoms with E-state index in [1.54, 1.807) is 29.2 Å². The van der Waals surface area contributed by atoms with Crippen LogP contribution in [0.1, 0.15) is 49.8 Å². The summed E-state index contributed by atoms with van der Waals surface area (Å²) in [5.74, 6) is 0.546. The van der Waals surface area contributed by atoms with E-state index in [9.17, 15) is 9.59 Å². The fourth-order valence-corrected chi connectivity index (χ4v) is 3.56. The van der Waals surface area contributed by atoms with Crippen LogP contribution in [-0.2, 0) is 4.79 Å². The minimum absolute atomic E-state index is 0.0175. The number of aromatic nitrogens is 5. The lowest BCUT2D eigenvalue weighted by Gasteiger charge is -2.19. The minimum Gasteiger partial charge on any atom is -0.351 e. The van der Waals surface area contributed by atoms with Crippen molar-refractivity contribution in [3.05, 3.63) is 47.5 Å². The molecule has 11 nitrogen and oxygen atoms in total. The van der Waals surface area contributed by atoms with Crippen LogP contribution in [0.15, 0.2) is 36.4 Å². The monoisotopic (exact) mass is 433 g/mol. The van der Waals surface area contributed by atoms with Crippen molar-refractivity contribution in [2.75, 3.05) is 10.6 Å². The van der Waals surface area contributed by atoms with Crippen LogP contribution in [0.25, 0.3) is 11.7 Å². The lowest BCUT2D eigenvalue weighted by Crippen LogP contribution is -2.22. The van der Waals surface area contributed by atoms with Gasteiger partial charge in [-0.1, -0.05) is 13.3 Å². The molecule has 32 heavy (non-hydrogen) atoms. The number of fused-ring (bicyclic) bond motifs is 1. The van der Waals surface area contributed by atoms with E-state index in [2.05, 4.69) is 43.3 Å². The van der Waals surface area contributed by atoms with Crippen LogP contribution in [0.4, 0.5) is 16.7 Å². The number of rotatable bonds is 8. The number of pyridine rings is 1. The predicted molar refractivity (Wildman–Crippen MR) is 118 cm³/mol. The molecule has 164 valence electrons. The molecule has 2 fully saturated rings. The van der Waals surface area contributed by atoms with Crippen molar-refractivity contribution in [1.82, 2.24) is 35.2 Å². The second kappa shape index (κ2) is 8.25. The van der Waals surface area contributed by atoms with Gasteiger partial charge in [0.05, 0.1) is 12.2 Å². The molecule has 1 unspecified atom stereocenters. The highest BCUT2D eigenvalue weighted by atomic mass is 16.2. The quantitative estimate of drug-likeness (QED) is 0.313. The van der Waals surface area contributed by atoms with Gasteiger partial charge in [-0.3, -0.25) is 15.1 Å². The highest BCUT2D eigenvalue weighted by molar-refractivity contribution is 6.14. The SMILES string of the molecule is CCCC(Nc1nc(NC2CC2)n2ncc(/C=C3\NC(=O)NC3=O)c2n1)c1ccncc1. The Hall–Kier alpha value is -4.02. The van der Waals surface area contributed by atoms with Gasteiger partial charge in [-0.05, 0) is 43.0 Å². The Kier molecular flexibility index (Phi) is 5.13. The molecule has 0 aromatic carbocycles. The average molecular weight is 433 g/mol. The first-order valence-corrected chi connectivity index (χ1v) is 10.6. The Morgan fingerprint density at radius 3 is 2.72 bits per heavy atom. The zero-order valence-electron chi connectivity index (χ0n) is 17.5. The van der Waals surface area contributed by atoms with Gasteiger partial charge in [0, 0.05) is 24.0 Å². The number of carbonyl (C=O) groups is 2. The summed E-state index contributed by atoms with van der Waals surface area (Å²) in [4.78, 5) is 36.9. The summed E-state index contributed by atoms with van der Waals surface area (Å²) in [6.45, 7) is 2.13. The number of hydrogen-bond donors (Lipinski definition) is 4. The maximum absolute atomic E-state index is 12.0. The molecule has 1 aliphatic heterocycles. The molecular weight excluding hydrogens is 410 g/mol. The van der Waals surface area contributed by atoms with Crippen molar-refractivity contribution in [2.45, 2.75) is 44.7 Å². The van der Waals surface area contributed by atoms with E-state index in [4.69, 9.17) is 4.98 Å². The number of anilines is 2. The molecule has 3 amide bonds. The van der Waals surface area contributed by atoms with E-state index in [1.807, 2.05) is 12.1 Å². The summed E-state index contributed by atoms with van der Waals surface area (Å²) >= 11 is 0. The molecule has 1 aliphatic carbocycles. The standard InChI is InChI=1S/C21H23N9O2/c1-2-3-15(12-6-8-22-9-7-12)25-19-27-17-13(10-16-18(31)28-21(32)26-16)11-23-30(17)20(29-19)24-14-4-5-14/h6-11,14-15H,2-5H2,1H3,(H2,24,25,27,29)(H2,26,28,31,32)/b16-10-. The summed E-state index contributed by atoms with van der Waals surface area (Å²) in [7, 11) is 0. The van der Waals surface area contributed by atoms with Crippen molar-refractivity contribution >= 4 is 35.6 Å². The predicted octanol–water partition coefficient (Wildman–Crippen LogP) is 2.23. The van der Waals surface area contributed by atoms with Crippen molar-refractivity contribution in [3.63, 3.8) is 0 Å². The lowest BCUT2D eigenvalue weighted by atomic mass is 10.0. The van der Waals surface area contributed by atoms with Gasteiger partial charge in [-0.25, -0.2) is 4.79 Å². The third-order valence-electron chi connectivity index (χ3n) is 5.31.